The third-order valence-corrected chi connectivity index (χ3v) is 8.79. The highest BCUT2D eigenvalue weighted by Gasteiger charge is 2.48. The number of aromatic hydroxyl groups is 1. The molecule has 2 bridgehead atoms. The van der Waals surface area contributed by atoms with Gasteiger partial charge in [0.25, 0.3) is 0 Å². The Balaban J connectivity index is 1.56. The number of carbonyl (C=O) groups is 1. The molecule has 7 unspecified atom stereocenters. The molecular weight excluding hydrogens is 496 g/mol. The minimum absolute atomic E-state index is 0.00861. The Hall–Kier alpha value is -2.61. The van der Waals surface area contributed by atoms with Gasteiger partial charge in [0.15, 0.2) is 17.1 Å². The summed E-state index contributed by atoms with van der Waals surface area (Å²) in [6.07, 6.45) is 11.2. The molecular formula is C32H42O7. The molecule has 1 aromatic heterocycles. The van der Waals surface area contributed by atoms with Gasteiger partial charge < -0.3 is 28.8 Å². The molecule has 212 valence electrons. The maximum absolute atomic E-state index is 13.7. The number of allylic oxidation sites excluding steroid dienone is 1. The van der Waals surface area contributed by atoms with E-state index in [4.69, 9.17) is 18.6 Å². The molecule has 2 saturated heterocycles. The highest BCUT2D eigenvalue weighted by atomic mass is 16.7. The van der Waals surface area contributed by atoms with Gasteiger partial charge in [0.05, 0.1) is 30.1 Å². The summed E-state index contributed by atoms with van der Waals surface area (Å²) in [5, 5.41) is 22.0. The second-order valence-corrected chi connectivity index (χ2v) is 12.0. The van der Waals surface area contributed by atoms with Crippen molar-refractivity contribution in [3.8, 4) is 5.75 Å². The lowest BCUT2D eigenvalue weighted by Crippen LogP contribution is -2.54. The molecule has 0 aliphatic carbocycles. The first-order valence-electron chi connectivity index (χ1n) is 14.4. The number of aliphatic hydroxyl groups excluding tert-OH is 1. The number of aliphatic hydroxyl groups is 1. The van der Waals surface area contributed by atoms with Crippen molar-refractivity contribution in [2.75, 3.05) is 0 Å². The lowest BCUT2D eigenvalue weighted by molar-refractivity contribution is -0.334. The Labute approximate surface area is 230 Å². The van der Waals surface area contributed by atoms with Gasteiger partial charge in [0, 0.05) is 30.2 Å². The van der Waals surface area contributed by atoms with E-state index in [1.807, 2.05) is 6.92 Å². The largest absolute Gasteiger partial charge is 0.504 e. The zero-order valence-corrected chi connectivity index (χ0v) is 23.7. The molecule has 4 heterocycles. The normalized spacial score (nSPS) is 34.2. The van der Waals surface area contributed by atoms with Crippen molar-refractivity contribution < 1.29 is 33.6 Å². The van der Waals surface area contributed by atoms with Crippen LogP contribution in [-0.2, 0) is 14.2 Å². The average Bonchev–Trinajstić information content (AvgIpc) is 3.33. The summed E-state index contributed by atoms with van der Waals surface area (Å²) in [5.74, 6) is -0.813. The number of furan rings is 1. The number of ether oxygens (including phenoxy) is 3. The number of carbonyl (C=O) groups excluding carboxylic acids is 1. The van der Waals surface area contributed by atoms with Crippen LogP contribution in [0.15, 0.2) is 34.5 Å². The van der Waals surface area contributed by atoms with Crippen molar-refractivity contribution in [3.63, 3.8) is 0 Å². The molecule has 3 aliphatic rings. The van der Waals surface area contributed by atoms with Crippen LogP contribution < -0.4 is 0 Å². The molecule has 5 rings (SSSR count). The fourth-order valence-corrected chi connectivity index (χ4v) is 6.46. The zero-order chi connectivity index (χ0) is 27.9. The Kier molecular flexibility index (Phi) is 7.96. The summed E-state index contributed by atoms with van der Waals surface area (Å²) in [5.41, 5.74) is 2.88. The van der Waals surface area contributed by atoms with Crippen molar-refractivity contribution in [1.82, 2.24) is 0 Å². The predicted molar refractivity (Wildman–Crippen MR) is 149 cm³/mol. The fraction of sp³-hybridized carbons (Fsp3) is 0.594. The van der Waals surface area contributed by atoms with Crippen LogP contribution in [0, 0.1) is 18.8 Å². The smallest absolute Gasteiger partial charge is 0.339 e. The second kappa shape index (κ2) is 11.1. The molecule has 1 aromatic carbocycles. The van der Waals surface area contributed by atoms with E-state index < -0.39 is 17.9 Å². The maximum atomic E-state index is 13.7. The van der Waals surface area contributed by atoms with Gasteiger partial charge in [0.1, 0.15) is 6.10 Å². The van der Waals surface area contributed by atoms with Gasteiger partial charge in [-0.3, -0.25) is 0 Å². The first-order chi connectivity index (χ1) is 18.6. The predicted octanol–water partition coefficient (Wildman–Crippen LogP) is 6.82. The van der Waals surface area contributed by atoms with Gasteiger partial charge in [-0.05, 0) is 63.0 Å². The summed E-state index contributed by atoms with van der Waals surface area (Å²) in [6, 6.07) is 1.65. The van der Waals surface area contributed by atoms with Crippen molar-refractivity contribution in [2.45, 2.75) is 110 Å². The lowest BCUT2D eigenvalue weighted by atomic mass is 9.85. The summed E-state index contributed by atoms with van der Waals surface area (Å²) >= 11 is 0. The monoisotopic (exact) mass is 538 g/mol. The van der Waals surface area contributed by atoms with Crippen LogP contribution in [0.4, 0.5) is 0 Å². The quantitative estimate of drug-likeness (QED) is 0.304. The molecule has 7 atom stereocenters. The summed E-state index contributed by atoms with van der Waals surface area (Å²) in [7, 11) is 0. The van der Waals surface area contributed by atoms with Crippen LogP contribution in [-0.4, -0.2) is 46.4 Å². The topological polar surface area (TPSA) is 98.4 Å². The third-order valence-electron chi connectivity index (χ3n) is 8.79. The van der Waals surface area contributed by atoms with E-state index in [0.29, 0.717) is 47.3 Å². The minimum atomic E-state index is -0.776. The fourth-order valence-electron chi connectivity index (χ4n) is 6.46. The molecule has 3 aliphatic heterocycles. The van der Waals surface area contributed by atoms with Crippen molar-refractivity contribution >= 4 is 23.0 Å². The molecule has 2 fully saturated rings. The highest BCUT2D eigenvalue weighted by Crippen LogP contribution is 2.44. The molecule has 7 nitrogen and oxygen atoms in total. The average molecular weight is 539 g/mol. The van der Waals surface area contributed by atoms with Gasteiger partial charge in [-0.2, -0.15) is 0 Å². The number of hydrogen-bond donors (Lipinski definition) is 2. The molecule has 2 aromatic rings. The SMILES string of the molecule is CCC1OC2(CCC1C)CC1CC(CC=C(C)CC(C)C(O)C=Cc3coc4c(O)c(C)cc(c34)C(=O)O1)O2. The number of aryl methyl sites for hydroxylation is 1. The van der Waals surface area contributed by atoms with Crippen LogP contribution >= 0.6 is 0 Å². The molecule has 1 spiro atoms. The molecule has 39 heavy (non-hydrogen) atoms. The Morgan fingerprint density at radius 3 is 2.69 bits per heavy atom. The van der Waals surface area contributed by atoms with E-state index in [1.54, 1.807) is 25.1 Å². The van der Waals surface area contributed by atoms with Crippen molar-refractivity contribution in [3.05, 3.63) is 46.7 Å². The van der Waals surface area contributed by atoms with Gasteiger partial charge in [-0.15, -0.1) is 0 Å². The number of esters is 1. The summed E-state index contributed by atoms with van der Waals surface area (Å²) in [6.45, 7) is 10.2. The van der Waals surface area contributed by atoms with Crippen molar-refractivity contribution in [2.24, 2.45) is 11.8 Å². The van der Waals surface area contributed by atoms with E-state index >= 15 is 0 Å². The van der Waals surface area contributed by atoms with Gasteiger partial charge >= 0.3 is 5.97 Å². The van der Waals surface area contributed by atoms with Crippen LogP contribution in [0.5, 0.6) is 5.75 Å². The first kappa shape index (κ1) is 27.9. The number of rotatable bonds is 1. The standard InChI is InChI=1S/C32H42O7/c1-6-27-19(3)11-12-32(39-27)16-24-15-23(38-32)9-7-18(2)13-20(4)26(33)10-8-22-17-36-30-28(22)25(31(35)37-24)14-21(5)29(30)34/h7-8,10,14,17,19-20,23-24,26-27,33-34H,6,9,11-13,15-16H2,1-5H3. The Morgan fingerprint density at radius 2 is 1.92 bits per heavy atom. The number of phenols is 1. The number of phenolic OH excluding ortho intramolecular Hbond substituents is 1. The van der Waals surface area contributed by atoms with Crippen LogP contribution in [0.2, 0.25) is 0 Å². The van der Waals surface area contributed by atoms with Crippen LogP contribution in [0.1, 0.15) is 94.1 Å². The maximum Gasteiger partial charge on any atom is 0.339 e. The molecule has 0 radical (unpaired) electrons. The van der Waals surface area contributed by atoms with Crippen molar-refractivity contribution in [1.29, 1.82) is 0 Å². The first-order valence-corrected chi connectivity index (χ1v) is 14.4. The molecule has 0 amide bonds. The van der Waals surface area contributed by atoms with E-state index in [0.717, 1.165) is 25.7 Å². The van der Waals surface area contributed by atoms with E-state index in [2.05, 4.69) is 26.8 Å². The van der Waals surface area contributed by atoms with E-state index in [-0.39, 0.29) is 35.6 Å². The molecule has 2 N–H and O–H groups in total. The van der Waals surface area contributed by atoms with Gasteiger partial charge in [-0.25, -0.2) is 4.79 Å². The minimum Gasteiger partial charge on any atom is -0.504 e. The lowest BCUT2D eigenvalue weighted by Gasteiger charge is -2.49. The van der Waals surface area contributed by atoms with Crippen LogP contribution in [0.3, 0.4) is 0 Å². The second-order valence-electron chi connectivity index (χ2n) is 12.0. The number of benzene rings is 1. The molecule has 0 saturated carbocycles. The van der Waals surface area contributed by atoms with E-state index in [9.17, 15) is 15.0 Å². The number of fused-ring (bicyclic) bond motifs is 2. The highest BCUT2D eigenvalue weighted by molar-refractivity contribution is 6.08. The summed E-state index contributed by atoms with van der Waals surface area (Å²) < 4.78 is 25.2. The number of hydrogen-bond acceptors (Lipinski definition) is 7. The Bertz CT molecular complexity index is 1270. The van der Waals surface area contributed by atoms with Gasteiger partial charge in [-0.1, -0.05) is 44.6 Å². The zero-order valence-electron chi connectivity index (χ0n) is 23.7. The van der Waals surface area contributed by atoms with E-state index in [1.165, 1.54) is 11.8 Å². The summed E-state index contributed by atoms with van der Waals surface area (Å²) in [4.78, 5) is 13.7. The van der Waals surface area contributed by atoms with Crippen LogP contribution in [0.25, 0.3) is 17.0 Å². The molecule has 7 heteroatoms. The Morgan fingerprint density at radius 1 is 1.13 bits per heavy atom. The third kappa shape index (κ3) is 5.67. The van der Waals surface area contributed by atoms with Gasteiger partial charge in [0.2, 0.25) is 0 Å².